The van der Waals surface area contributed by atoms with Gasteiger partial charge < -0.3 is 30.4 Å². The van der Waals surface area contributed by atoms with Crippen LogP contribution in [0.15, 0.2) is 29.3 Å². The molecule has 0 atom stereocenters. The summed E-state index contributed by atoms with van der Waals surface area (Å²) in [4.78, 5) is 34.8. The van der Waals surface area contributed by atoms with E-state index >= 15 is 0 Å². The van der Waals surface area contributed by atoms with Gasteiger partial charge in [0.25, 0.3) is 0 Å². The van der Waals surface area contributed by atoms with Gasteiger partial charge in [-0.1, -0.05) is 63.8 Å². The Morgan fingerprint density at radius 3 is 1.94 bits per heavy atom. The summed E-state index contributed by atoms with van der Waals surface area (Å²) in [5.74, 6) is -2.47. The van der Waals surface area contributed by atoms with E-state index in [1.54, 1.807) is 6.08 Å². The number of carboxylic acid groups (broad SMARTS) is 2. The smallest absolute Gasteiger partial charge is 0.862 e. The number of nitrogens with one attached hydrogen (secondary N) is 1. The van der Waals surface area contributed by atoms with Crippen molar-refractivity contribution in [2.45, 2.75) is 78.1 Å². The summed E-state index contributed by atoms with van der Waals surface area (Å²) in [5, 5.41) is 31.9. The van der Waals surface area contributed by atoms with E-state index in [-0.39, 0.29) is 81.9 Å². The fourth-order valence-corrected chi connectivity index (χ4v) is 1.97. The first-order valence-electron chi connectivity index (χ1n) is 10.5. The van der Waals surface area contributed by atoms with Gasteiger partial charge in [0, 0.05) is 31.9 Å². The van der Waals surface area contributed by atoms with E-state index in [4.69, 9.17) is 5.11 Å². The average Bonchev–Trinajstić information content (AvgIpc) is 2.67. The van der Waals surface area contributed by atoms with Crippen molar-refractivity contribution in [1.29, 1.82) is 0 Å². The van der Waals surface area contributed by atoms with Crippen molar-refractivity contribution in [3.63, 3.8) is 0 Å². The number of allylic oxidation sites excluding steroid dienone is 2. The average molecular weight is 465 g/mol. The second kappa shape index (κ2) is 26.7. The Kier molecular flexibility index (Phi) is 29.4. The Hall–Kier alpha value is -1.38. The van der Waals surface area contributed by atoms with Crippen LogP contribution in [0.25, 0.3) is 0 Å². The summed E-state index contributed by atoms with van der Waals surface area (Å²) in [7, 11) is 0. The van der Waals surface area contributed by atoms with Crippen molar-refractivity contribution in [3.05, 3.63) is 24.3 Å². The number of aliphatic carboxylic acids is 2. The van der Waals surface area contributed by atoms with Crippen LogP contribution < -0.4 is 15.5 Å². The van der Waals surface area contributed by atoms with Crippen LogP contribution in [-0.2, 0) is 14.4 Å². The Balaban J connectivity index is -0.000000490. The molecule has 0 heterocycles. The molecule has 0 fully saturated rings. The van der Waals surface area contributed by atoms with Crippen LogP contribution in [0.3, 0.4) is 0 Å². The zero-order valence-corrected chi connectivity index (χ0v) is 21.1. The molecular formula is C22H36CaN2O6. The molecule has 0 aromatic carbocycles. The standard InChI is InChI=1S/2C11H19NO3.Ca/c2*1-2-3-4-5-6-7-10(13)12-9-8-11(14)15;/h2*5-6H,2-4,7-9H2,1H3,(H,12,13)(H,14,15);/q;;+2/p-2/b2*6-5+;. The van der Waals surface area contributed by atoms with Crippen molar-refractivity contribution in [3.8, 4) is 0 Å². The van der Waals surface area contributed by atoms with Gasteiger partial charge >= 0.3 is 43.7 Å². The number of amides is 1. The van der Waals surface area contributed by atoms with Gasteiger partial charge in [0.15, 0.2) is 0 Å². The van der Waals surface area contributed by atoms with Gasteiger partial charge in [-0.2, -0.15) is 0 Å². The van der Waals surface area contributed by atoms with Gasteiger partial charge in [-0.15, -0.1) is 0 Å². The molecule has 0 aliphatic rings. The van der Waals surface area contributed by atoms with Gasteiger partial charge in [0.2, 0.25) is 5.91 Å². The summed E-state index contributed by atoms with van der Waals surface area (Å²) in [6.45, 7) is 4.45. The van der Waals surface area contributed by atoms with E-state index < -0.39 is 11.9 Å². The minimum Gasteiger partial charge on any atom is -0.862 e. The molecule has 0 unspecified atom stereocenters. The first kappa shape index (κ1) is 34.2. The predicted molar refractivity (Wildman–Crippen MR) is 120 cm³/mol. The molecule has 172 valence electrons. The maximum atomic E-state index is 11.1. The van der Waals surface area contributed by atoms with Crippen molar-refractivity contribution in [1.82, 2.24) is 5.32 Å². The molecule has 31 heavy (non-hydrogen) atoms. The normalized spacial score (nSPS) is 11.0. The third-order valence-corrected chi connectivity index (χ3v) is 3.64. The van der Waals surface area contributed by atoms with E-state index in [1.807, 2.05) is 18.2 Å². The maximum absolute atomic E-state index is 11.1. The van der Waals surface area contributed by atoms with E-state index in [1.165, 1.54) is 0 Å². The number of hydrogen-bond donors (Lipinski definition) is 2. The molecule has 0 radical (unpaired) electrons. The zero-order valence-electron chi connectivity index (χ0n) is 18.9. The van der Waals surface area contributed by atoms with E-state index in [0.717, 1.165) is 38.5 Å². The summed E-state index contributed by atoms with van der Waals surface area (Å²) >= 11 is 0. The number of carbonyl (C=O) groups excluding carboxylic acids is 2. The monoisotopic (exact) mass is 464 g/mol. The fourth-order valence-electron chi connectivity index (χ4n) is 1.97. The number of carboxylic acids is 2. The molecule has 9 heteroatoms. The van der Waals surface area contributed by atoms with E-state index in [9.17, 15) is 24.6 Å². The van der Waals surface area contributed by atoms with Gasteiger partial charge in [-0.3, -0.25) is 9.59 Å². The molecular weight excluding hydrogens is 428 g/mol. The fraction of sp³-hybridized carbons (Fsp3) is 0.636. The Labute approximate surface area is 215 Å². The Morgan fingerprint density at radius 2 is 1.45 bits per heavy atom. The molecule has 0 aliphatic heterocycles. The molecule has 0 aromatic rings. The summed E-state index contributed by atoms with van der Waals surface area (Å²) < 4.78 is 0. The number of hydrogen-bond acceptors (Lipinski definition) is 6. The molecule has 0 aromatic heterocycles. The minimum absolute atomic E-state index is 0. The second-order valence-corrected chi connectivity index (χ2v) is 6.53. The SMILES string of the molecule is CCCC/C=C/CC(=O)NCCC(=O)O.CCCC/C=C/CC([O-])=NCCC(=O)[O-].[Ca+2]. The molecule has 0 rings (SSSR count). The van der Waals surface area contributed by atoms with Gasteiger partial charge in [-0.25, -0.2) is 0 Å². The third-order valence-electron chi connectivity index (χ3n) is 3.64. The number of unbranched alkanes of at least 4 members (excludes halogenated alkanes) is 4. The van der Waals surface area contributed by atoms with Crippen LogP contribution in [0.4, 0.5) is 0 Å². The van der Waals surface area contributed by atoms with Crippen molar-refractivity contribution >= 4 is 61.5 Å². The van der Waals surface area contributed by atoms with Gasteiger partial charge in [0.05, 0.1) is 6.42 Å². The first-order valence-corrected chi connectivity index (χ1v) is 10.5. The molecule has 0 saturated carbocycles. The maximum Gasteiger partial charge on any atom is 2.00 e. The van der Waals surface area contributed by atoms with Crippen LogP contribution in [0.1, 0.15) is 78.1 Å². The number of nitrogens with zero attached hydrogens (tertiary/aromatic N) is 1. The first-order chi connectivity index (χ1) is 14.3. The topological polar surface area (TPSA) is 142 Å². The van der Waals surface area contributed by atoms with Crippen molar-refractivity contribution in [2.24, 2.45) is 4.99 Å². The summed E-state index contributed by atoms with van der Waals surface area (Å²) in [6.07, 6.45) is 14.4. The molecule has 0 bridgehead atoms. The third kappa shape index (κ3) is 33.5. The van der Waals surface area contributed by atoms with Crippen LogP contribution in [0.5, 0.6) is 0 Å². The van der Waals surface area contributed by atoms with E-state index in [0.29, 0.717) is 6.42 Å². The van der Waals surface area contributed by atoms with Gasteiger partial charge in [0.1, 0.15) is 0 Å². The number of rotatable bonds is 16. The molecule has 0 spiro atoms. The minimum atomic E-state index is -1.18. The van der Waals surface area contributed by atoms with E-state index in [2.05, 4.69) is 24.2 Å². The molecule has 0 saturated heterocycles. The summed E-state index contributed by atoms with van der Waals surface area (Å²) in [5.41, 5.74) is 0. The van der Waals surface area contributed by atoms with Crippen molar-refractivity contribution in [2.75, 3.05) is 13.1 Å². The number of aliphatic imine (C=N–C) groups is 1. The van der Waals surface area contributed by atoms with Crippen LogP contribution in [0.2, 0.25) is 0 Å². The number of carbonyl (C=O) groups is 3. The van der Waals surface area contributed by atoms with Crippen LogP contribution in [-0.4, -0.2) is 79.7 Å². The largest absolute Gasteiger partial charge is 2.00 e. The van der Waals surface area contributed by atoms with Crippen molar-refractivity contribution < 1.29 is 29.7 Å². The van der Waals surface area contributed by atoms with Crippen LogP contribution in [0, 0.1) is 0 Å². The van der Waals surface area contributed by atoms with Crippen LogP contribution >= 0.6 is 0 Å². The quantitative estimate of drug-likeness (QED) is 0.116. The zero-order chi connectivity index (χ0) is 23.0. The Morgan fingerprint density at radius 1 is 0.903 bits per heavy atom. The summed E-state index contributed by atoms with van der Waals surface area (Å²) in [6, 6.07) is 0. The molecule has 1 amide bonds. The Bertz CT molecular complexity index is 562. The predicted octanol–water partition coefficient (Wildman–Crippen LogP) is 1.35. The molecule has 0 aliphatic carbocycles. The molecule has 2 N–H and O–H groups in total. The second-order valence-electron chi connectivity index (χ2n) is 6.53. The van der Waals surface area contributed by atoms with Gasteiger partial charge in [-0.05, 0) is 25.2 Å². The molecule has 8 nitrogen and oxygen atoms in total.